The number of benzene rings is 2. The van der Waals surface area contributed by atoms with Gasteiger partial charge in [-0.3, -0.25) is 0 Å². The van der Waals surface area contributed by atoms with Gasteiger partial charge >= 0.3 is 12.3 Å². The van der Waals surface area contributed by atoms with Gasteiger partial charge in [0.15, 0.2) is 6.61 Å². The van der Waals surface area contributed by atoms with Crippen molar-refractivity contribution in [1.29, 1.82) is 0 Å². The fourth-order valence-corrected chi connectivity index (χ4v) is 2.67. The number of hydrogen-bond acceptors (Lipinski definition) is 4. The summed E-state index contributed by atoms with van der Waals surface area (Å²) in [7, 11) is 0. The van der Waals surface area contributed by atoms with E-state index in [-0.39, 0.29) is 5.75 Å². The van der Waals surface area contributed by atoms with Crippen molar-refractivity contribution in [2.45, 2.75) is 17.0 Å². The lowest BCUT2D eigenvalue weighted by Crippen LogP contribution is -2.18. The van der Waals surface area contributed by atoms with Crippen LogP contribution in [0.25, 0.3) is 0 Å². The van der Waals surface area contributed by atoms with E-state index in [2.05, 4.69) is 4.74 Å². The Bertz CT molecular complexity index is 686. The minimum Gasteiger partial charge on any atom is -0.482 e. The monoisotopic (exact) mass is 358 g/mol. The van der Waals surface area contributed by atoms with Crippen molar-refractivity contribution in [3.05, 3.63) is 54.1 Å². The van der Waals surface area contributed by atoms with Crippen molar-refractivity contribution < 1.29 is 32.5 Å². The summed E-state index contributed by atoms with van der Waals surface area (Å²) >= 11 is 1.33. The van der Waals surface area contributed by atoms with E-state index in [1.165, 1.54) is 23.9 Å². The van der Waals surface area contributed by atoms with E-state index in [1.807, 2.05) is 0 Å². The van der Waals surface area contributed by atoms with Gasteiger partial charge in [-0.25, -0.2) is 4.79 Å². The largest absolute Gasteiger partial charge is 0.573 e. The summed E-state index contributed by atoms with van der Waals surface area (Å²) in [6.45, 7) is -0.436. The second-order valence-electron chi connectivity index (χ2n) is 4.60. The van der Waals surface area contributed by atoms with Crippen molar-refractivity contribution in [3.8, 4) is 11.5 Å². The molecule has 0 bridgehead atoms. The van der Waals surface area contributed by atoms with Gasteiger partial charge in [0.25, 0.3) is 0 Å². The van der Waals surface area contributed by atoms with Crippen molar-refractivity contribution in [3.63, 3.8) is 0 Å². The highest BCUT2D eigenvalue weighted by atomic mass is 32.2. The number of carboxylic acid groups (broad SMARTS) is 1. The zero-order valence-electron chi connectivity index (χ0n) is 12.2. The van der Waals surface area contributed by atoms with Gasteiger partial charge < -0.3 is 14.6 Å². The first-order valence-corrected chi connectivity index (χ1v) is 7.73. The van der Waals surface area contributed by atoms with E-state index in [9.17, 15) is 18.0 Å². The van der Waals surface area contributed by atoms with Gasteiger partial charge in [-0.15, -0.1) is 24.9 Å². The van der Waals surface area contributed by atoms with Gasteiger partial charge in [-0.2, -0.15) is 0 Å². The Kier molecular flexibility index (Phi) is 5.97. The lowest BCUT2D eigenvalue weighted by molar-refractivity contribution is -0.274. The van der Waals surface area contributed by atoms with E-state index >= 15 is 0 Å². The van der Waals surface area contributed by atoms with Crippen LogP contribution in [0.5, 0.6) is 11.5 Å². The topological polar surface area (TPSA) is 55.8 Å². The average Bonchev–Trinajstić information content (AvgIpc) is 2.51. The number of para-hydroxylation sites is 1. The third-order valence-electron chi connectivity index (χ3n) is 2.78. The Hall–Kier alpha value is -2.35. The number of aliphatic carboxylic acids is 1. The fourth-order valence-electron chi connectivity index (χ4n) is 1.79. The Balaban J connectivity index is 1.97. The van der Waals surface area contributed by atoms with Gasteiger partial charge in [0, 0.05) is 16.2 Å². The summed E-state index contributed by atoms with van der Waals surface area (Å²) < 4.78 is 46.1. The summed E-state index contributed by atoms with van der Waals surface area (Å²) in [5.74, 6) is -0.599. The van der Waals surface area contributed by atoms with Gasteiger partial charge in [-0.1, -0.05) is 18.2 Å². The molecule has 24 heavy (non-hydrogen) atoms. The number of carbonyl (C=O) groups is 1. The molecule has 2 aromatic carbocycles. The van der Waals surface area contributed by atoms with Gasteiger partial charge in [0.05, 0.1) is 0 Å². The molecule has 1 N–H and O–H groups in total. The van der Waals surface area contributed by atoms with E-state index < -0.39 is 18.9 Å². The van der Waals surface area contributed by atoms with Gasteiger partial charge in [0.1, 0.15) is 11.5 Å². The predicted octanol–water partition coefficient (Wildman–Crippen LogP) is 4.34. The minimum absolute atomic E-state index is 0.223. The van der Waals surface area contributed by atoms with Crippen molar-refractivity contribution in [1.82, 2.24) is 0 Å². The molecule has 0 aliphatic carbocycles. The maximum Gasteiger partial charge on any atom is 0.573 e. The first-order chi connectivity index (χ1) is 11.3. The van der Waals surface area contributed by atoms with E-state index in [4.69, 9.17) is 9.84 Å². The average molecular weight is 358 g/mol. The minimum atomic E-state index is -4.73. The Morgan fingerprint density at radius 2 is 1.75 bits per heavy atom. The smallest absolute Gasteiger partial charge is 0.482 e. The molecule has 0 aliphatic heterocycles. The molecule has 0 radical (unpaired) electrons. The van der Waals surface area contributed by atoms with Crippen molar-refractivity contribution >= 4 is 17.7 Å². The second kappa shape index (κ2) is 7.96. The number of halogens is 3. The van der Waals surface area contributed by atoms with E-state index in [0.717, 1.165) is 4.90 Å². The first-order valence-electron chi connectivity index (χ1n) is 6.74. The maximum atomic E-state index is 12.4. The molecule has 0 atom stereocenters. The van der Waals surface area contributed by atoms with E-state index in [1.54, 1.807) is 36.4 Å². The molecular weight excluding hydrogens is 345 g/mol. The standard InChI is InChI=1S/C16H13F3O4S/c17-16(18,19)23-14-4-2-1-3-11(14)10-24-13-7-5-12(6-8-13)22-9-15(20)21/h1-8H,9-10H2,(H,20,21). The third-order valence-corrected chi connectivity index (χ3v) is 3.84. The number of hydrogen-bond donors (Lipinski definition) is 1. The molecule has 2 rings (SSSR count). The van der Waals surface area contributed by atoms with Crippen LogP contribution in [0.2, 0.25) is 0 Å². The van der Waals surface area contributed by atoms with Crippen LogP contribution in [0.15, 0.2) is 53.4 Å². The lowest BCUT2D eigenvalue weighted by Gasteiger charge is -2.13. The zero-order valence-corrected chi connectivity index (χ0v) is 13.1. The van der Waals surface area contributed by atoms with Gasteiger partial charge in [-0.05, 0) is 30.3 Å². The summed E-state index contributed by atoms with van der Waals surface area (Å²) in [6.07, 6.45) is -4.73. The van der Waals surface area contributed by atoms with Crippen LogP contribution in [-0.4, -0.2) is 24.0 Å². The number of rotatable bonds is 7. The molecule has 0 saturated heterocycles. The summed E-state index contributed by atoms with van der Waals surface area (Å²) in [5, 5.41) is 8.53. The second-order valence-corrected chi connectivity index (χ2v) is 5.65. The Morgan fingerprint density at radius 1 is 1.08 bits per heavy atom. The molecule has 4 nitrogen and oxygen atoms in total. The molecule has 0 aliphatic rings. The normalized spacial score (nSPS) is 11.1. The molecular formula is C16H13F3O4S. The number of thioether (sulfide) groups is 1. The quantitative estimate of drug-likeness (QED) is 0.746. The highest BCUT2D eigenvalue weighted by Crippen LogP contribution is 2.31. The summed E-state index contributed by atoms with van der Waals surface area (Å²) in [4.78, 5) is 11.2. The van der Waals surface area contributed by atoms with Gasteiger partial charge in [0.2, 0.25) is 0 Å². The molecule has 0 saturated carbocycles. The fraction of sp³-hybridized carbons (Fsp3) is 0.188. The zero-order chi connectivity index (χ0) is 17.6. The SMILES string of the molecule is O=C(O)COc1ccc(SCc2ccccc2OC(F)(F)F)cc1. The highest BCUT2D eigenvalue weighted by molar-refractivity contribution is 7.98. The maximum absolute atomic E-state index is 12.4. The molecule has 128 valence electrons. The highest BCUT2D eigenvalue weighted by Gasteiger charge is 2.31. The van der Waals surface area contributed by atoms with Crippen LogP contribution >= 0.6 is 11.8 Å². The number of alkyl halides is 3. The number of carboxylic acids is 1. The summed E-state index contributed by atoms with van der Waals surface area (Å²) in [5.41, 5.74) is 0.422. The van der Waals surface area contributed by atoms with Crippen LogP contribution in [0.4, 0.5) is 13.2 Å². The van der Waals surface area contributed by atoms with Crippen molar-refractivity contribution in [2.75, 3.05) is 6.61 Å². The van der Waals surface area contributed by atoms with Crippen LogP contribution in [0, 0.1) is 0 Å². The molecule has 0 fully saturated rings. The first kappa shape index (κ1) is 18.0. The number of ether oxygens (including phenoxy) is 2. The molecule has 0 amide bonds. The van der Waals surface area contributed by atoms with Crippen LogP contribution in [0.3, 0.4) is 0 Å². The molecule has 0 aromatic heterocycles. The predicted molar refractivity (Wildman–Crippen MR) is 82.3 cm³/mol. The molecule has 0 spiro atoms. The molecule has 2 aromatic rings. The molecule has 8 heteroatoms. The lowest BCUT2D eigenvalue weighted by atomic mass is 10.2. The Labute approximate surface area is 140 Å². The third kappa shape index (κ3) is 6.04. The van der Waals surface area contributed by atoms with Crippen LogP contribution in [0.1, 0.15) is 5.56 Å². The van der Waals surface area contributed by atoms with Crippen LogP contribution < -0.4 is 9.47 Å². The molecule has 0 heterocycles. The van der Waals surface area contributed by atoms with E-state index in [0.29, 0.717) is 17.1 Å². The molecule has 0 unspecified atom stereocenters. The van der Waals surface area contributed by atoms with Crippen LogP contribution in [-0.2, 0) is 10.5 Å². The van der Waals surface area contributed by atoms with Crippen molar-refractivity contribution in [2.24, 2.45) is 0 Å². The summed E-state index contributed by atoms with van der Waals surface area (Å²) in [6, 6.07) is 12.6. The Morgan fingerprint density at radius 3 is 2.38 bits per heavy atom.